The molecule has 0 saturated heterocycles. The highest BCUT2D eigenvalue weighted by molar-refractivity contribution is 5.90. The molecule has 2 aromatic rings. The molecule has 0 fully saturated rings. The van der Waals surface area contributed by atoms with Gasteiger partial charge in [-0.05, 0) is 36.6 Å². The van der Waals surface area contributed by atoms with Crippen LogP contribution in [0.3, 0.4) is 0 Å². The van der Waals surface area contributed by atoms with Crippen LogP contribution in [0.25, 0.3) is 0 Å². The van der Waals surface area contributed by atoms with Crippen LogP contribution in [0, 0.1) is 0 Å². The van der Waals surface area contributed by atoms with Crippen LogP contribution in [0.4, 0.5) is 18.9 Å². The van der Waals surface area contributed by atoms with Gasteiger partial charge in [0.15, 0.2) is 6.61 Å². The van der Waals surface area contributed by atoms with E-state index in [1.165, 1.54) is 12.1 Å². The first-order chi connectivity index (χ1) is 12.7. The molecule has 0 unspecified atom stereocenters. The Bertz CT molecular complexity index is 806. The number of benzene rings is 2. The highest BCUT2D eigenvalue weighted by atomic mass is 19.4. The molecule has 144 valence electrons. The number of nitrogens with one attached hydrogen (secondary N) is 1. The smallest absolute Gasteiger partial charge is 0.416 e. The normalized spacial score (nSPS) is 11.1. The fourth-order valence-electron chi connectivity index (χ4n) is 2.39. The number of carboxylic acids is 1. The summed E-state index contributed by atoms with van der Waals surface area (Å²) in [7, 11) is 0. The van der Waals surface area contributed by atoms with Crippen LogP contribution < -0.4 is 10.1 Å². The van der Waals surface area contributed by atoms with Crippen LogP contribution in [0.1, 0.15) is 24.0 Å². The van der Waals surface area contributed by atoms with Gasteiger partial charge in [0.05, 0.1) is 5.56 Å². The van der Waals surface area contributed by atoms with Crippen LogP contribution in [0.5, 0.6) is 5.75 Å². The molecule has 2 rings (SSSR count). The van der Waals surface area contributed by atoms with Gasteiger partial charge in [-0.3, -0.25) is 4.79 Å². The van der Waals surface area contributed by atoms with E-state index < -0.39 is 24.3 Å². The fraction of sp³-hybridized carbons (Fsp3) is 0.263. The topological polar surface area (TPSA) is 75.6 Å². The molecule has 5 nitrogen and oxygen atoms in total. The Hall–Kier alpha value is -3.03. The minimum atomic E-state index is -4.39. The number of hydrogen-bond donors (Lipinski definition) is 2. The molecular weight excluding hydrogens is 363 g/mol. The third kappa shape index (κ3) is 7.01. The van der Waals surface area contributed by atoms with E-state index in [0.717, 1.165) is 12.1 Å². The summed E-state index contributed by atoms with van der Waals surface area (Å²) in [6, 6.07) is 11.3. The molecule has 0 aliphatic heterocycles. The van der Waals surface area contributed by atoms with Gasteiger partial charge in [-0.1, -0.05) is 24.3 Å². The maximum Gasteiger partial charge on any atom is 0.416 e. The molecule has 0 aromatic heterocycles. The first kappa shape index (κ1) is 20.3. The van der Waals surface area contributed by atoms with E-state index in [-0.39, 0.29) is 12.3 Å². The standard InChI is InChI=1S/C19H18F3NO4/c20-19(21,22)14-6-1-4-13(10-14)5-2-9-17(24)23-15-7-3-8-16(11-15)27-12-18(25)26/h1,3-4,6-8,10-11H,2,5,9,12H2,(H,23,24)(H,25,26). The number of carbonyl (C=O) groups excluding carboxylic acids is 1. The first-order valence-corrected chi connectivity index (χ1v) is 8.14. The average Bonchev–Trinajstić information content (AvgIpc) is 2.60. The van der Waals surface area contributed by atoms with Crippen molar-refractivity contribution in [3.63, 3.8) is 0 Å². The minimum absolute atomic E-state index is 0.135. The monoisotopic (exact) mass is 381 g/mol. The molecule has 0 heterocycles. The van der Waals surface area contributed by atoms with E-state index in [1.807, 2.05) is 0 Å². The number of carbonyl (C=O) groups is 2. The largest absolute Gasteiger partial charge is 0.482 e. The van der Waals surface area contributed by atoms with Crippen LogP contribution in [0.2, 0.25) is 0 Å². The Balaban J connectivity index is 1.83. The maximum atomic E-state index is 12.7. The number of hydrogen-bond acceptors (Lipinski definition) is 3. The number of aryl methyl sites for hydroxylation is 1. The van der Waals surface area contributed by atoms with Crippen LogP contribution >= 0.6 is 0 Å². The van der Waals surface area contributed by atoms with E-state index in [4.69, 9.17) is 9.84 Å². The predicted octanol–water partition coefficient (Wildman–Crippen LogP) is 4.13. The lowest BCUT2D eigenvalue weighted by molar-refractivity contribution is -0.139. The summed E-state index contributed by atoms with van der Waals surface area (Å²) in [6.45, 7) is -0.492. The van der Waals surface area contributed by atoms with Gasteiger partial charge in [0.1, 0.15) is 5.75 Å². The van der Waals surface area contributed by atoms with Gasteiger partial charge in [0.25, 0.3) is 0 Å². The van der Waals surface area contributed by atoms with Crippen molar-refractivity contribution >= 4 is 17.6 Å². The van der Waals surface area contributed by atoms with Gasteiger partial charge in [0.2, 0.25) is 5.91 Å². The molecule has 2 N–H and O–H groups in total. The molecular formula is C19H18F3NO4. The van der Waals surface area contributed by atoms with Crippen LogP contribution in [-0.2, 0) is 22.2 Å². The minimum Gasteiger partial charge on any atom is -0.482 e. The summed E-state index contributed by atoms with van der Waals surface area (Å²) in [6.07, 6.45) is -3.51. The number of carboxylic acid groups (broad SMARTS) is 1. The number of amides is 1. The van der Waals surface area contributed by atoms with Gasteiger partial charge in [-0.2, -0.15) is 13.2 Å². The Morgan fingerprint density at radius 3 is 2.52 bits per heavy atom. The first-order valence-electron chi connectivity index (χ1n) is 8.14. The average molecular weight is 381 g/mol. The molecule has 0 radical (unpaired) electrons. The molecule has 0 spiro atoms. The Morgan fingerprint density at radius 2 is 1.81 bits per heavy atom. The number of ether oxygens (including phenoxy) is 1. The Morgan fingerprint density at radius 1 is 1.07 bits per heavy atom. The fourth-order valence-corrected chi connectivity index (χ4v) is 2.39. The lowest BCUT2D eigenvalue weighted by Crippen LogP contribution is -2.12. The molecule has 0 saturated carbocycles. The molecule has 0 bridgehead atoms. The molecule has 27 heavy (non-hydrogen) atoms. The van der Waals surface area contributed by atoms with E-state index >= 15 is 0 Å². The van der Waals surface area contributed by atoms with Crippen molar-refractivity contribution in [3.8, 4) is 5.75 Å². The maximum absolute atomic E-state index is 12.7. The third-order valence-corrected chi connectivity index (χ3v) is 3.60. The lowest BCUT2D eigenvalue weighted by Gasteiger charge is -2.09. The van der Waals surface area contributed by atoms with E-state index in [2.05, 4.69) is 5.32 Å². The van der Waals surface area contributed by atoms with Gasteiger partial charge >= 0.3 is 12.1 Å². The number of alkyl halides is 3. The van der Waals surface area contributed by atoms with Gasteiger partial charge in [0, 0.05) is 18.2 Å². The number of rotatable bonds is 8. The summed E-state index contributed by atoms with van der Waals surface area (Å²) < 4.78 is 43.1. The SMILES string of the molecule is O=C(O)COc1cccc(NC(=O)CCCc2cccc(C(F)(F)F)c2)c1. The van der Waals surface area contributed by atoms with Gasteiger partial charge < -0.3 is 15.2 Å². The summed E-state index contributed by atoms with van der Waals surface area (Å²) >= 11 is 0. The van der Waals surface area contributed by atoms with Crippen molar-refractivity contribution in [2.24, 2.45) is 0 Å². The zero-order valence-electron chi connectivity index (χ0n) is 14.3. The van der Waals surface area contributed by atoms with Crippen molar-refractivity contribution < 1.29 is 32.6 Å². The molecule has 0 atom stereocenters. The highest BCUT2D eigenvalue weighted by Crippen LogP contribution is 2.29. The molecule has 1 amide bonds. The van der Waals surface area contributed by atoms with Crippen molar-refractivity contribution in [3.05, 3.63) is 59.7 Å². The number of anilines is 1. The van der Waals surface area contributed by atoms with Crippen molar-refractivity contribution in [1.82, 2.24) is 0 Å². The van der Waals surface area contributed by atoms with E-state index in [9.17, 15) is 22.8 Å². The second-order valence-electron chi connectivity index (χ2n) is 5.81. The van der Waals surface area contributed by atoms with Crippen LogP contribution in [-0.4, -0.2) is 23.6 Å². The summed E-state index contributed by atoms with van der Waals surface area (Å²) in [5.74, 6) is -1.10. The van der Waals surface area contributed by atoms with E-state index in [0.29, 0.717) is 29.8 Å². The quantitative estimate of drug-likeness (QED) is 0.721. The molecule has 0 aliphatic carbocycles. The van der Waals surface area contributed by atoms with Crippen molar-refractivity contribution in [1.29, 1.82) is 0 Å². The van der Waals surface area contributed by atoms with Gasteiger partial charge in [-0.15, -0.1) is 0 Å². The lowest BCUT2D eigenvalue weighted by atomic mass is 10.0. The summed E-state index contributed by atoms with van der Waals surface area (Å²) in [4.78, 5) is 22.5. The highest BCUT2D eigenvalue weighted by Gasteiger charge is 2.30. The summed E-state index contributed by atoms with van der Waals surface area (Å²) in [5, 5.41) is 11.2. The second kappa shape index (κ2) is 9.07. The third-order valence-electron chi connectivity index (χ3n) is 3.60. The zero-order chi connectivity index (χ0) is 19.9. The van der Waals surface area contributed by atoms with Crippen molar-refractivity contribution in [2.75, 3.05) is 11.9 Å². The number of halogens is 3. The second-order valence-corrected chi connectivity index (χ2v) is 5.81. The molecule has 8 heteroatoms. The number of aliphatic carboxylic acids is 1. The Kier molecular flexibility index (Phi) is 6.81. The van der Waals surface area contributed by atoms with Gasteiger partial charge in [-0.25, -0.2) is 4.79 Å². The van der Waals surface area contributed by atoms with Crippen LogP contribution in [0.15, 0.2) is 48.5 Å². The molecule has 2 aromatic carbocycles. The zero-order valence-corrected chi connectivity index (χ0v) is 14.3. The summed E-state index contributed by atoms with van der Waals surface area (Å²) in [5.41, 5.74) is 0.256. The molecule has 0 aliphatic rings. The van der Waals surface area contributed by atoms with E-state index in [1.54, 1.807) is 24.3 Å². The van der Waals surface area contributed by atoms with Crippen molar-refractivity contribution in [2.45, 2.75) is 25.4 Å². The predicted molar refractivity (Wildman–Crippen MR) is 92.6 cm³/mol. The Labute approximate surface area is 153 Å².